The summed E-state index contributed by atoms with van der Waals surface area (Å²) in [6, 6.07) is 16.1. The molecule has 1 aromatic carbocycles. The molecule has 1 saturated carbocycles. The second-order valence-electron chi connectivity index (χ2n) is 8.44. The normalized spacial score (nSPS) is 23.6. The predicted octanol–water partition coefficient (Wildman–Crippen LogP) is 4.68. The molecule has 3 aliphatic rings. The predicted molar refractivity (Wildman–Crippen MR) is 109 cm³/mol. The Balaban J connectivity index is 1.23. The minimum atomic E-state index is 0.484. The molecule has 2 aliphatic heterocycles. The van der Waals surface area contributed by atoms with Crippen LogP contribution in [0.4, 0.5) is 0 Å². The summed E-state index contributed by atoms with van der Waals surface area (Å²) in [5.41, 5.74) is 6.28. The van der Waals surface area contributed by atoms with Crippen LogP contribution in [0.1, 0.15) is 60.3 Å². The summed E-state index contributed by atoms with van der Waals surface area (Å²) >= 11 is 0. The van der Waals surface area contributed by atoms with Gasteiger partial charge >= 0.3 is 0 Å². The van der Waals surface area contributed by atoms with E-state index in [1.807, 2.05) is 18.3 Å². The minimum absolute atomic E-state index is 0.484. The molecule has 4 heteroatoms. The third-order valence-corrected chi connectivity index (χ3v) is 6.57. The molecule has 2 bridgehead atoms. The molecule has 0 spiro atoms. The molecular formula is C24H24N4. The number of nitrogens with zero attached hydrogens (tertiary/aromatic N) is 4. The van der Waals surface area contributed by atoms with Crippen LogP contribution in [-0.2, 0) is 13.0 Å². The molecule has 28 heavy (non-hydrogen) atoms. The average Bonchev–Trinajstić information content (AvgIpc) is 3.55. The summed E-state index contributed by atoms with van der Waals surface area (Å²) in [4.78, 5) is 16.8. The number of hydrogen-bond donors (Lipinski definition) is 0. The number of aromatic nitrogens is 3. The molecular weight excluding hydrogens is 344 g/mol. The maximum atomic E-state index is 4.96. The van der Waals surface area contributed by atoms with E-state index in [0.717, 1.165) is 24.5 Å². The summed E-state index contributed by atoms with van der Waals surface area (Å²) in [5.74, 6) is 1.73. The second-order valence-corrected chi connectivity index (χ2v) is 8.44. The Morgan fingerprint density at radius 1 is 0.929 bits per heavy atom. The number of benzene rings is 1. The van der Waals surface area contributed by atoms with Gasteiger partial charge in [-0.2, -0.15) is 0 Å². The van der Waals surface area contributed by atoms with Gasteiger partial charge in [-0.25, -0.2) is 9.97 Å². The second kappa shape index (κ2) is 6.49. The number of fused-ring (bicyclic) bond motifs is 4. The summed E-state index contributed by atoms with van der Waals surface area (Å²) < 4.78 is 0. The zero-order valence-corrected chi connectivity index (χ0v) is 16.0. The van der Waals surface area contributed by atoms with Crippen LogP contribution in [0, 0.1) is 0 Å². The van der Waals surface area contributed by atoms with E-state index in [9.17, 15) is 0 Å². The highest BCUT2D eigenvalue weighted by atomic mass is 15.2. The molecule has 4 nitrogen and oxygen atoms in total. The topological polar surface area (TPSA) is 41.9 Å². The van der Waals surface area contributed by atoms with Crippen LogP contribution in [0.5, 0.6) is 0 Å². The lowest BCUT2D eigenvalue weighted by Gasteiger charge is -2.35. The summed E-state index contributed by atoms with van der Waals surface area (Å²) in [5, 5.41) is 0. The Bertz CT molecular complexity index is 995. The maximum Gasteiger partial charge on any atom is 0.131 e. The third kappa shape index (κ3) is 2.83. The van der Waals surface area contributed by atoms with Crippen molar-refractivity contribution in [2.24, 2.45) is 0 Å². The van der Waals surface area contributed by atoms with E-state index < -0.39 is 0 Å². The van der Waals surface area contributed by atoms with Crippen molar-refractivity contribution in [1.82, 2.24) is 19.9 Å². The number of hydrogen-bond acceptors (Lipinski definition) is 4. The molecule has 0 N–H and O–H groups in total. The molecule has 6 rings (SSSR count). The Kier molecular flexibility index (Phi) is 3.79. The standard InChI is InChI=1S/C24H24N4/c1-2-12-25-21(3-1)17-6-4-16(5-7-17)15-28-19-10-11-23(28)20-14-26-24(18-8-9-18)27-22(20)13-19/h1-7,12,14,18-19,23H,8-11,13,15H2/t19-,23+/m0/s1. The van der Waals surface area contributed by atoms with Gasteiger partial charge in [0.15, 0.2) is 0 Å². The molecule has 4 heterocycles. The first-order chi connectivity index (χ1) is 13.8. The molecule has 1 aliphatic carbocycles. The molecule has 2 aromatic heterocycles. The zero-order valence-electron chi connectivity index (χ0n) is 16.0. The van der Waals surface area contributed by atoms with E-state index in [4.69, 9.17) is 9.97 Å². The van der Waals surface area contributed by atoms with Crippen LogP contribution >= 0.6 is 0 Å². The van der Waals surface area contributed by atoms with E-state index in [1.54, 1.807) is 0 Å². The van der Waals surface area contributed by atoms with Crippen molar-refractivity contribution in [2.45, 2.75) is 56.7 Å². The molecule has 2 fully saturated rings. The fourth-order valence-corrected chi connectivity index (χ4v) is 4.90. The number of rotatable bonds is 4. The van der Waals surface area contributed by atoms with E-state index in [-0.39, 0.29) is 0 Å². The fraction of sp³-hybridized carbons (Fsp3) is 0.375. The van der Waals surface area contributed by atoms with Gasteiger partial charge in [0.2, 0.25) is 0 Å². The van der Waals surface area contributed by atoms with Gasteiger partial charge in [0.25, 0.3) is 0 Å². The Labute approximate surface area is 165 Å². The highest BCUT2D eigenvalue weighted by molar-refractivity contribution is 5.59. The van der Waals surface area contributed by atoms with Gasteiger partial charge in [-0.1, -0.05) is 30.3 Å². The molecule has 3 aromatic rings. The Morgan fingerprint density at radius 3 is 2.61 bits per heavy atom. The first kappa shape index (κ1) is 16.4. The molecule has 140 valence electrons. The molecule has 1 saturated heterocycles. The lowest BCUT2D eigenvalue weighted by molar-refractivity contribution is 0.166. The van der Waals surface area contributed by atoms with Gasteiger partial charge in [0, 0.05) is 54.5 Å². The molecule has 0 amide bonds. The largest absolute Gasteiger partial charge is 0.289 e. The van der Waals surface area contributed by atoms with E-state index in [0.29, 0.717) is 18.0 Å². The van der Waals surface area contributed by atoms with Crippen LogP contribution in [0.2, 0.25) is 0 Å². The third-order valence-electron chi connectivity index (χ3n) is 6.57. The van der Waals surface area contributed by atoms with Gasteiger partial charge in [0.05, 0.1) is 11.4 Å². The van der Waals surface area contributed by atoms with Gasteiger partial charge in [-0.15, -0.1) is 0 Å². The van der Waals surface area contributed by atoms with Gasteiger partial charge in [0.1, 0.15) is 5.82 Å². The first-order valence-corrected chi connectivity index (χ1v) is 10.5. The average molecular weight is 368 g/mol. The number of pyridine rings is 1. The van der Waals surface area contributed by atoms with E-state index in [2.05, 4.69) is 46.4 Å². The van der Waals surface area contributed by atoms with Crippen LogP contribution in [0.15, 0.2) is 54.9 Å². The van der Waals surface area contributed by atoms with Crippen molar-refractivity contribution in [1.29, 1.82) is 0 Å². The molecule has 0 unspecified atom stereocenters. The van der Waals surface area contributed by atoms with Crippen LogP contribution < -0.4 is 0 Å². The Hall–Kier alpha value is -2.59. The van der Waals surface area contributed by atoms with E-state index in [1.165, 1.54) is 48.1 Å². The van der Waals surface area contributed by atoms with Crippen molar-refractivity contribution >= 4 is 0 Å². The summed E-state index contributed by atoms with van der Waals surface area (Å²) in [7, 11) is 0. The van der Waals surface area contributed by atoms with Gasteiger partial charge < -0.3 is 0 Å². The lowest BCUT2D eigenvalue weighted by atomic mass is 9.98. The van der Waals surface area contributed by atoms with Gasteiger partial charge in [-0.05, 0) is 43.4 Å². The smallest absolute Gasteiger partial charge is 0.131 e. The van der Waals surface area contributed by atoms with Crippen LogP contribution in [-0.4, -0.2) is 25.9 Å². The summed E-state index contributed by atoms with van der Waals surface area (Å²) in [6.45, 7) is 1.00. The fourth-order valence-electron chi connectivity index (χ4n) is 4.90. The highest BCUT2D eigenvalue weighted by Gasteiger charge is 2.41. The van der Waals surface area contributed by atoms with E-state index >= 15 is 0 Å². The SMILES string of the molecule is c1ccc(-c2ccc(CN3[C@H]4CC[C@@H]3c3cnc(C5CC5)nc3C4)cc2)nc1. The van der Waals surface area contributed by atoms with Crippen molar-refractivity contribution in [3.05, 3.63) is 77.5 Å². The molecule has 0 radical (unpaired) electrons. The van der Waals surface area contributed by atoms with Gasteiger partial charge in [-0.3, -0.25) is 9.88 Å². The van der Waals surface area contributed by atoms with Crippen molar-refractivity contribution < 1.29 is 0 Å². The van der Waals surface area contributed by atoms with Crippen LogP contribution in [0.25, 0.3) is 11.3 Å². The first-order valence-electron chi connectivity index (χ1n) is 10.5. The van der Waals surface area contributed by atoms with Crippen molar-refractivity contribution in [3.63, 3.8) is 0 Å². The summed E-state index contributed by atoms with van der Waals surface area (Å²) in [6.07, 6.45) is 10.1. The lowest BCUT2D eigenvalue weighted by Crippen LogP contribution is -2.37. The quantitative estimate of drug-likeness (QED) is 0.671. The monoisotopic (exact) mass is 368 g/mol. The van der Waals surface area contributed by atoms with Crippen molar-refractivity contribution in [2.75, 3.05) is 0 Å². The highest BCUT2D eigenvalue weighted by Crippen LogP contribution is 2.45. The van der Waals surface area contributed by atoms with Crippen LogP contribution in [0.3, 0.4) is 0 Å². The Morgan fingerprint density at radius 2 is 1.82 bits per heavy atom. The minimum Gasteiger partial charge on any atom is -0.289 e. The van der Waals surface area contributed by atoms with Crippen molar-refractivity contribution in [3.8, 4) is 11.3 Å². The molecule has 2 atom stereocenters. The zero-order chi connectivity index (χ0) is 18.5. The maximum absolute atomic E-state index is 4.96.